The van der Waals surface area contributed by atoms with E-state index in [1.54, 1.807) is 19.9 Å². The van der Waals surface area contributed by atoms with Crippen molar-refractivity contribution in [3.63, 3.8) is 0 Å². The fraction of sp³-hybridized carbons (Fsp3) is 0.667. The quantitative estimate of drug-likeness (QED) is 0.581. The average Bonchev–Trinajstić information content (AvgIpc) is 2.91. The van der Waals surface area contributed by atoms with Crippen LogP contribution in [0.15, 0.2) is 18.2 Å². The first kappa shape index (κ1) is 18.4. The Morgan fingerprint density at radius 1 is 1.24 bits per heavy atom. The molecule has 1 aromatic rings. The maximum atomic E-state index is 14.2. The zero-order valence-corrected chi connectivity index (χ0v) is 15.8. The minimum Gasteiger partial charge on any atom is -0.426 e. The van der Waals surface area contributed by atoms with Gasteiger partial charge >= 0.3 is 5.97 Å². The van der Waals surface area contributed by atoms with Crippen LogP contribution in [0.1, 0.15) is 51.0 Å². The lowest BCUT2D eigenvalue weighted by Gasteiger charge is -2.38. The van der Waals surface area contributed by atoms with E-state index in [4.69, 9.17) is 4.74 Å². The zero-order chi connectivity index (χ0) is 18.1. The molecule has 25 heavy (non-hydrogen) atoms. The van der Waals surface area contributed by atoms with E-state index in [1.807, 2.05) is 6.07 Å². The Labute approximate surface area is 150 Å². The Kier molecular flexibility index (Phi) is 5.47. The largest absolute Gasteiger partial charge is 0.426 e. The zero-order valence-electron chi connectivity index (χ0n) is 15.8. The van der Waals surface area contributed by atoms with Crippen LogP contribution in [0.5, 0.6) is 5.75 Å². The van der Waals surface area contributed by atoms with Crippen LogP contribution >= 0.6 is 0 Å². The average molecular weight is 347 g/mol. The Bertz CT molecular complexity index is 628. The maximum Gasteiger partial charge on any atom is 0.313 e. The number of rotatable bonds is 5. The van der Waals surface area contributed by atoms with Gasteiger partial charge in [0.2, 0.25) is 0 Å². The molecule has 0 radical (unpaired) electrons. The molecule has 138 valence electrons. The highest BCUT2D eigenvalue weighted by molar-refractivity contribution is 5.74. The summed E-state index contributed by atoms with van der Waals surface area (Å²) in [7, 11) is 4.22. The number of nitrogens with zero attached hydrogens (tertiary/aromatic N) is 1. The Hall–Kier alpha value is -1.42. The number of halogens is 1. The topological polar surface area (TPSA) is 29.5 Å². The van der Waals surface area contributed by atoms with E-state index in [0.29, 0.717) is 17.6 Å². The van der Waals surface area contributed by atoms with Crippen LogP contribution in [0.4, 0.5) is 4.39 Å². The molecular weight excluding hydrogens is 317 g/mol. The summed E-state index contributed by atoms with van der Waals surface area (Å²) in [6, 6.07) is 4.86. The third kappa shape index (κ3) is 4.22. The van der Waals surface area contributed by atoms with Crippen molar-refractivity contribution in [2.75, 3.05) is 20.6 Å². The fourth-order valence-corrected chi connectivity index (χ4v) is 4.75. The molecule has 3 nitrogen and oxygen atoms in total. The SMILES string of the molecule is CC(C)C(=O)Oc1cc(F)cc([C@@H]2C[C@@H]3CC[C@H](C3)[C@@H]2CN(C)C)c1. The molecular formula is C21H30FNO2. The van der Waals surface area contributed by atoms with E-state index in [-0.39, 0.29) is 17.7 Å². The monoisotopic (exact) mass is 347 g/mol. The first-order chi connectivity index (χ1) is 11.8. The van der Waals surface area contributed by atoms with Gasteiger partial charge in [-0.1, -0.05) is 20.3 Å². The molecule has 2 fully saturated rings. The minimum atomic E-state index is -0.315. The summed E-state index contributed by atoms with van der Waals surface area (Å²) in [4.78, 5) is 14.1. The van der Waals surface area contributed by atoms with Crippen LogP contribution < -0.4 is 4.74 Å². The van der Waals surface area contributed by atoms with Gasteiger partial charge in [-0.3, -0.25) is 4.79 Å². The number of esters is 1. The highest BCUT2D eigenvalue weighted by Gasteiger charge is 2.42. The van der Waals surface area contributed by atoms with Crippen LogP contribution in [0, 0.1) is 29.5 Å². The lowest BCUT2D eigenvalue weighted by molar-refractivity contribution is -0.137. The summed E-state index contributed by atoms with van der Waals surface area (Å²) < 4.78 is 19.6. The van der Waals surface area contributed by atoms with Crippen molar-refractivity contribution >= 4 is 5.97 Å². The van der Waals surface area contributed by atoms with E-state index in [9.17, 15) is 9.18 Å². The highest BCUT2D eigenvalue weighted by Crippen LogP contribution is 2.52. The molecule has 0 spiro atoms. The number of hydrogen-bond acceptors (Lipinski definition) is 3. The molecule has 0 N–H and O–H groups in total. The lowest BCUT2D eigenvalue weighted by Crippen LogP contribution is -2.34. The molecule has 3 rings (SSSR count). The molecule has 2 aliphatic rings. The summed E-state index contributed by atoms with van der Waals surface area (Å²) in [6.07, 6.45) is 5.04. The summed E-state index contributed by atoms with van der Waals surface area (Å²) >= 11 is 0. The third-order valence-electron chi connectivity index (χ3n) is 5.88. The number of benzene rings is 1. The van der Waals surface area contributed by atoms with Gasteiger partial charge in [0.25, 0.3) is 0 Å². The number of hydrogen-bond donors (Lipinski definition) is 0. The van der Waals surface area contributed by atoms with E-state index in [0.717, 1.165) is 30.4 Å². The van der Waals surface area contributed by atoms with Gasteiger partial charge in [-0.05, 0) is 74.7 Å². The van der Waals surface area contributed by atoms with E-state index >= 15 is 0 Å². The lowest BCUT2D eigenvalue weighted by atomic mass is 9.69. The summed E-state index contributed by atoms with van der Waals surface area (Å²) in [5.74, 6) is 1.88. The molecule has 4 atom stereocenters. The van der Waals surface area contributed by atoms with Gasteiger partial charge in [0.15, 0.2) is 0 Å². The van der Waals surface area contributed by atoms with Gasteiger partial charge in [0.05, 0.1) is 5.92 Å². The van der Waals surface area contributed by atoms with E-state index < -0.39 is 0 Å². The predicted molar refractivity (Wildman–Crippen MR) is 97.1 cm³/mol. The van der Waals surface area contributed by atoms with Gasteiger partial charge in [-0.15, -0.1) is 0 Å². The van der Waals surface area contributed by atoms with Gasteiger partial charge in [-0.2, -0.15) is 0 Å². The fourth-order valence-electron chi connectivity index (χ4n) is 4.75. The molecule has 4 heteroatoms. The highest BCUT2D eigenvalue weighted by atomic mass is 19.1. The number of carbonyl (C=O) groups is 1. The first-order valence-electron chi connectivity index (χ1n) is 9.50. The molecule has 0 saturated heterocycles. The van der Waals surface area contributed by atoms with Crippen molar-refractivity contribution in [2.24, 2.45) is 23.7 Å². The van der Waals surface area contributed by atoms with Crippen molar-refractivity contribution in [2.45, 2.75) is 45.4 Å². The van der Waals surface area contributed by atoms with Crippen molar-refractivity contribution in [3.05, 3.63) is 29.6 Å². The molecule has 2 aliphatic carbocycles. The van der Waals surface area contributed by atoms with Crippen LogP contribution in [-0.4, -0.2) is 31.5 Å². The second kappa shape index (κ2) is 7.45. The number of ether oxygens (including phenoxy) is 1. The Morgan fingerprint density at radius 3 is 2.68 bits per heavy atom. The van der Waals surface area contributed by atoms with Gasteiger partial charge in [0.1, 0.15) is 11.6 Å². The normalized spacial score (nSPS) is 28.6. The number of fused-ring (bicyclic) bond motifs is 2. The second-order valence-electron chi connectivity index (χ2n) is 8.50. The smallest absolute Gasteiger partial charge is 0.313 e. The summed E-state index contributed by atoms with van der Waals surface area (Å²) in [5.41, 5.74) is 0.995. The van der Waals surface area contributed by atoms with Crippen LogP contribution in [0.2, 0.25) is 0 Å². The molecule has 2 saturated carbocycles. The van der Waals surface area contributed by atoms with Crippen LogP contribution in [-0.2, 0) is 4.79 Å². The van der Waals surface area contributed by atoms with E-state index in [1.165, 1.54) is 25.3 Å². The maximum absolute atomic E-state index is 14.2. The first-order valence-corrected chi connectivity index (χ1v) is 9.50. The Morgan fingerprint density at radius 2 is 2.00 bits per heavy atom. The molecule has 0 unspecified atom stereocenters. The predicted octanol–water partition coefficient (Wildman–Crippen LogP) is 4.47. The van der Waals surface area contributed by atoms with Crippen LogP contribution in [0.25, 0.3) is 0 Å². The van der Waals surface area contributed by atoms with Crippen molar-refractivity contribution in [1.29, 1.82) is 0 Å². The van der Waals surface area contributed by atoms with Crippen LogP contribution in [0.3, 0.4) is 0 Å². The molecule has 0 heterocycles. The van der Waals surface area contributed by atoms with Crippen molar-refractivity contribution in [1.82, 2.24) is 4.90 Å². The Balaban J connectivity index is 1.88. The van der Waals surface area contributed by atoms with Crippen molar-refractivity contribution < 1.29 is 13.9 Å². The molecule has 0 amide bonds. The molecule has 1 aromatic carbocycles. The standard InChI is InChI=1S/C21H30FNO2/c1-13(2)21(24)25-18-10-16(9-17(22)11-18)19-8-14-5-6-15(7-14)20(19)12-23(3)4/h9-11,13-15,19-20H,5-8,12H2,1-4H3/t14-,15-,19+,20+/m1/s1. The minimum absolute atomic E-state index is 0.223. The van der Waals surface area contributed by atoms with E-state index in [2.05, 4.69) is 19.0 Å². The summed E-state index contributed by atoms with van der Waals surface area (Å²) in [6.45, 7) is 4.60. The van der Waals surface area contributed by atoms with Gasteiger partial charge in [0, 0.05) is 12.6 Å². The molecule has 0 aromatic heterocycles. The molecule has 0 aliphatic heterocycles. The third-order valence-corrected chi connectivity index (χ3v) is 5.88. The number of carbonyl (C=O) groups excluding carboxylic acids is 1. The molecule has 2 bridgehead atoms. The summed E-state index contributed by atoms with van der Waals surface area (Å²) in [5, 5.41) is 0. The second-order valence-corrected chi connectivity index (χ2v) is 8.50. The van der Waals surface area contributed by atoms with Crippen molar-refractivity contribution in [3.8, 4) is 5.75 Å². The van der Waals surface area contributed by atoms with Gasteiger partial charge < -0.3 is 9.64 Å². The van der Waals surface area contributed by atoms with Gasteiger partial charge in [-0.25, -0.2) is 4.39 Å².